The molecule has 85 heavy (non-hydrogen) atoms. The Bertz CT molecular complexity index is 2820. The number of esters is 1. The summed E-state index contributed by atoms with van der Waals surface area (Å²) in [6.07, 6.45) is -0.286. The van der Waals surface area contributed by atoms with E-state index in [-0.39, 0.29) is 67.0 Å². The number of nitrogens with one attached hydrogen (secondary N) is 2. The van der Waals surface area contributed by atoms with Crippen molar-refractivity contribution < 1.29 is 72.8 Å². The van der Waals surface area contributed by atoms with Crippen LogP contribution in [-0.2, 0) is 38.0 Å². The van der Waals surface area contributed by atoms with Crippen LogP contribution < -0.4 is 10.6 Å². The summed E-state index contributed by atoms with van der Waals surface area (Å²) in [5.74, 6) is -1.42. The first-order valence-electron chi connectivity index (χ1n) is 31.6. The first-order chi connectivity index (χ1) is 40.7. The SMILES string of the molecule is Cc1ccc(C(=O)OC2C(OC3C(O)COC(O[C@H]4C[C@H]5[C@@H]6CC=C7C[C@@H](O)CC[C@]7(C)C6CC[C@]5(C)[C@@]4(O)[C@H](C)C(=O)CCC(C)C)C3C)OCC(O)C2OC(=O)NCCCCCCNC(=O)OCC2c3ccccc3-c3ccccc32)cc1. The van der Waals surface area contributed by atoms with Crippen LogP contribution in [0.2, 0.25) is 0 Å². The highest BCUT2D eigenvalue weighted by atomic mass is 16.7. The number of ether oxygens (including phenoxy) is 7. The molecule has 2 amide bonds. The smallest absolute Gasteiger partial charge is 0.407 e. The summed E-state index contributed by atoms with van der Waals surface area (Å²) in [4.78, 5) is 54.5. The highest BCUT2D eigenvalue weighted by molar-refractivity contribution is 5.89. The molecule has 0 bridgehead atoms. The van der Waals surface area contributed by atoms with Crippen LogP contribution in [0, 0.1) is 53.3 Å². The maximum Gasteiger partial charge on any atom is 0.407 e. The van der Waals surface area contributed by atoms with Crippen molar-refractivity contribution in [3.63, 3.8) is 0 Å². The lowest BCUT2D eigenvalue weighted by atomic mass is 9.46. The predicted octanol–water partition coefficient (Wildman–Crippen LogP) is 9.86. The van der Waals surface area contributed by atoms with Crippen LogP contribution in [0.4, 0.5) is 9.59 Å². The van der Waals surface area contributed by atoms with Crippen molar-refractivity contribution in [2.45, 2.75) is 199 Å². The molecule has 5 fully saturated rings. The molecular formula is C68H92N2O15. The molecule has 3 saturated carbocycles. The quantitative estimate of drug-likeness (QED) is 0.0252. The summed E-state index contributed by atoms with van der Waals surface area (Å²) in [5, 5.41) is 53.0. The minimum absolute atomic E-state index is 0.00905. The number of fused-ring (bicyclic) bond motifs is 8. The van der Waals surface area contributed by atoms with Crippen molar-refractivity contribution in [3.8, 4) is 11.1 Å². The third kappa shape index (κ3) is 12.9. The second-order valence-corrected chi connectivity index (χ2v) is 26.6. The summed E-state index contributed by atoms with van der Waals surface area (Å²) in [6.45, 7) is 14.5. The maximum atomic E-state index is 14.3. The van der Waals surface area contributed by atoms with Crippen LogP contribution >= 0.6 is 0 Å². The van der Waals surface area contributed by atoms with Gasteiger partial charge in [0.2, 0.25) is 0 Å². The molecule has 17 atom stereocenters. The normalized spacial score (nSPS) is 34.4. The fraction of sp³-hybridized carbons (Fsp3) is 0.647. The fourth-order valence-corrected chi connectivity index (χ4v) is 16.0. The topological polar surface area (TPSA) is 238 Å². The van der Waals surface area contributed by atoms with Crippen molar-refractivity contribution in [1.29, 1.82) is 0 Å². The lowest BCUT2D eigenvalue weighted by Gasteiger charge is -2.59. The number of aryl methyl sites for hydroxylation is 1. The average Bonchev–Trinajstić information content (AvgIpc) is 1.74. The van der Waals surface area contributed by atoms with Gasteiger partial charge < -0.3 is 64.2 Å². The molecule has 0 spiro atoms. The molecule has 5 aliphatic carbocycles. The Hall–Kier alpha value is -5.24. The van der Waals surface area contributed by atoms with Crippen molar-refractivity contribution in [2.75, 3.05) is 32.9 Å². The van der Waals surface area contributed by atoms with E-state index in [0.717, 1.165) is 66.3 Å². The van der Waals surface area contributed by atoms with Crippen LogP contribution in [0.3, 0.4) is 0 Å². The first-order valence-corrected chi connectivity index (χ1v) is 31.6. The van der Waals surface area contributed by atoms with Crippen molar-refractivity contribution in [3.05, 3.63) is 107 Å². The number of benzene rings is 3. The lowest BCUT2D eigenvalue weighted by Crippen LogP contribution is -2.62. The Balaban J connectivity index is 0.769. The third-order valence-corrected chi connectivity index (χ3v) is 21.0. The van der Waals surface area contributed by atoms with Gasteiger partial charge in [-0.15, -0.1) is 0 Å². The Morgan fingerprint density at radius 2 is 1.36 bits per heavy atom. The molecule has 10 rings (SSSR count). The molecule has 3 aromatic rings. The molecule has 2 saturated heterocycles. The van der Waals surface area contributed by atoms with E-state index in [2.05, 4.69) is 68.7 Å². The molecule has 7 aliphatic rings. The highest BCUT2D eigenvalue weighted by Gasteiger charge is 2.70. The zero-order valence-corrected chi connectivity index (χ0v) is 50.8. The van der Waals surface area contributed by atoms with Crippen molar-refractivity contribution in [1.82, 2.24) is 10.6 Å². The van der Waals surface area contributed by atoms with E-state index in [9.17, 15) is 39.6 Å². The van der Waals surface area contributed by atoms with Gasteiger partial charge in [0, 0.05) is 42.7 Å². The molecular weight excluding hydrogens is 1080 g/mol. The average molecular weight is 1180 g/mol. The number of carbonyl (C=O) groups is 4. The molecule has 2 aliphatic heterocycles. The van der Waals surface area contributed by atoms with Gasteiger partial charge in [-0.3, -0.25) is 4.79 Å². The van der Waals surface area contributed by atoms with Gasteiger partial charge in [0.15, 0.2) is 24.8 Å². The predicted molar refractivity (Wildman–Crippen MR) is 317 cm³/mol. The third-order valence-electron chi connectivity index (χ3n) is 21.0. The Kier molecular flexibility index (Phi) is 19.7. The van der Waals surface area contributed by atoms with Gasteiger partial charge >= 0.3 is 18.2 Å². The lowest BCUT2D eigenvalue weighted by molar-refractivity contribution is -0.333. The van der Waals surface area contributed by atoms with Gasteiger partial charge in [0.1, 0.15) is 30.2 Å². The molecule has 3 aromatic carbocycles. The number of carbonyl (C=O) groups excluding carboxylic acids is 4. The summed E-state index contributed by atoms with van der Waals surface area (Å²) in [6, 6.07) is 23.1. The Labute approximate surface area is 501 Å². The van der Waals surface area contributed by atoms with Gasteiger partial charge in [-0.1, -0.05) is 132 Å². The van der Waals surface area contributed by atoms with E-state index >= 15 is 0 Å². The largest absolute Gasteiger partial charge is 0.449 e. The molecule has 0 aromatic heterocycles. The van der Waals surface area contributed by atoms with E-state index in [4.69, 9.17) is 33.2 Å². The molecule has 2 heterocycles. The minimum Gasteiger partial charge on any atom is -0.449 e. The van der Waals surface area contributed by atoms with Crippen LogP contribution in [0.15, 0.2) is 84.4 Å². The zero-order valence-electron chi connectivity index (χ0n) is 50.8. The molecule has 17 heteroatoms. The first kappa shape index (κ1) is 62.8. The summed E-state index contributed by atoms with van der Waals surface area (Å²) < 4.78 is 43.7. The second kappa shape index (κ2) is 26.6. The van der Waals surface area contributed by atoms with Crippen LogP contribution in [0.25, 0.3) is 11.1 Å². The number of rotatable bonds is 21. The van der Waals surface area contributed by atoms with Gasteiger partial charge in [0.25, 0.3) is 0 Å². The molecule has 9 unspecified atom stereocenters. The number of unbranched alkanes of at least 4 members (excludes halogenated alkanes) is 3. The Morgan fingerprint density at radius 3 is 2.04 bits per heavy atom. The van der Waals surface area contributed by atoms with Crippen LogP contribution in [0.1, 0.15) is 158 Å². The zero-order chi connectivity index (χ0) is 60.4. The van der Waals surface area contributed by atoms with Gasteiger partial charge in [-0.25, -0.2) is 14.4 Å². The number of Topliss-reactive ketones (excluding diaryl/α,β-unsaturated/α-hetero) is 1. The van der Waals surface area contributed by atoms with E-state index in [1.54, 1.807) is 31.2 Å². The van der Waals surface area contributed by atoms with Crippen LogP contribution in [-0.4, -0.2) is 138 Å². The molecule has 464 valence electrons. The Morgan fingerprint density at radius 1 is 0.729 bits per heavy atom. The van der Waals surface area contributed by atoms with Gasteiger partial charge in [-0.2, -0.15) is 0 Å². The number of hydrogen-bond acceptors (Lipinski definition) is 15. The van der Waals surface area contributed by atoms with Crippen LogP contribution in [0.5, 0.6) is 0 Å². The highest BCUT2D eigenvalue weighted by Crippen LogP contribution is 2.69. The number of ketones is 1. The summed E-state index contributed by atoms with van der Waals surface area (Å²) in [5.41, 5.74) is 4.75. The minimum atomic E-state index is -1.57. The summed E-state index contributed by atoms with van der Waals surface area (Å²) in [7, 11) is 0. The molecule has 6 N–H and O–H groups in total. The molecule has 0 radical (unpaired) electrons. The number of hydrogen-bond donors (Lipinski definition) is 6. The standard InChI is InChI=1S/C68H92N2O15/c1-39(2)20-27-54(72)42(5)68(78)57(35-53-50-26-25-44-34-45(71)28-30-66(44,6)52(50)29-31-67(53,68)7)82-62-41(4)58(55(73)37-79-62)84-63-60(83-61(75)43-23-21-40(3)22-24-43)59(56(74)38-80-63)85-65(77)70-33-15-9-8-14-32-69-64(76)81-36-51-48-18-12-10-16-46(48)47-17-11-13-19-49(47)51/h10-13,16-19,21-25,39,41-42,45,50-53,55-60,62-63,71,73-74,78H,8-9,14-15,20,26-38H2,1-7H3,(H,69,76)(H,70,77)/t41?,42-,45+,50-,52?,53+,55?,56?,57+,58?,59?,60?,62?,63?,66+,67+,68-/m1/s1. The number of allylic oxidation sites excluding steroid dienone is 1. The number of amides is 2. The van der Waals surface area contributed by atoms with Crippen molar-refractivity contribution in [2.24, 2.45) is 46.3 Å². The number of aliphatic hydroxyl groups excluding tert-OH is 3. The van der Waals surface area contributed by atoms with Crippen molar-refractivity contribution >= 4 is 23.9 Å². The molecule has 17 nitrogen and oxygen atoms in total. The monoisotopic (exact) mass is 1180 g/mol. The maximum absolute atomic E-state index is 14.3. The van der Waals surface area contributed by atoms with E-state index in [1.807, 2.05) is 38.1 Å². The fourth-order valence-electron chi connectivity index (χ4n) is 16.0. The van der Waals surface area contributed by atoms with Gasteiger partial charge in [0.05, 0.1) is 37.1 Å². The van der Waals surface area contributed by atoms with Gasteiger partial charge in [-0.05, 0) is 135 Å². The van der Waals surface area contributed by atoms with E-state index in [0.29, 0.717) is 63.3 Å². The summed E-state index contributed by atoms with van der Waals surface area (Å²) >= 11 is 0. The van der Waals surface area contributed by atoms with E-state index in [1.165, 1.54) is 5.57 Å². The van der Waals surface area contributed by atoms with E-state index < -0.39 is 90.2 Å². The second-order valence-electron chi connectivity index (χ2n) is 26.6. The number of alkyl carbamates (subject to hydrolysis) is 2. The number of aliphatic hydroxyl groups is 4.